The van der Waals surface area contributed by atoms with Gasteiger partial charge in [-0.1, -0.05) is 24.3 Å². The number of hydrogen-bond donors (Lipinski definition) is 3. The Kier molecular flexibility index (Phi) is 5.16. The molecule has 7 nitrogen and oxygen atoms in total. The number of carbonyl (C=O) groups excluding carboxylic acids is 3. The maximum absolute atomic E-state index is 12.8. The zero-order valence-electron chi connectivity index (χ0n) is 16.5. The quantitative estimate of drug-likeness (QED) is 0.343. The number of esters is 1. The molecule has 0 aliphatic rings. The summed E-state index contributed by atoms with van der Waals surface area (Å²) >= 11 is 0. The second kappa shape index (κ2) is 7.43. The van der Waals surface area contributed by atoms with Gasteiger partial charge in [0.15, 0.2) is 11.9 Å². The zero-order valence-corrected chi connectivity index (χ0v) is 16.5. The maximum atomic E-state index is 12.8. The van der Waals surface area contributed by atoms with E-state index in [2.05, 4.69) is 4.98 Å². The molecular weight excluding hydrogens is 374 g/mol. The monoisotopic (exact) mass is 395 g/mol. The Bertz CT molecular complexity index is 1160. The van der Waals surface area contributed by atoms with E-state index in [1.165, 1.54) is 13.8 Å². The second-order valence-corrected chi connectivity index (χ2v) is 6.93. The van der Waals surface area contributed by atoms with Gasteiger partial charge < -0.3 is 19.9 Å². The van der Waals surface area contributed by atoms with Crippen molar-refractivity contribution in [1.82, 2.24) is 4.98 Å². The van der Waals surface area contributed by atoms with Crippen molar-refractivity contribution in [2.75, 3.05) is 0 Å². The van der Waals surface area contributed by atoms with Crippen LogP contribution in [0.15, 0.2) is 30.3 Å². The van der Waals surface area contributed by atoms with Gasteiger partial charge in [-0.3, -0.25) is 9.59 Å². The summed E-state index contributed by atoms with van der Waals surface area (Å²) in [5.41, 5.74) is 1.44. The fourth-order valence-corrected chi connectivity index (χ4v) is 3.50. The van der Waals surface area contributed by atoms with Crippen molar-refractivity contribution < 1.29 is 29.3 Å². The van der Waals surface area contributed by atoms with Crippen LogP contribution in [0.5, 0.6) is 11.5 Å². The summed E-state index contributed by atoms with van der Waals surface area (Å²) in [6.45, 7) is 6.15. The number of aromatic amines is 1. The molecule has 2 aromatic carbocycles. The van der Waals surface area contributed by atoms with E-state index >= 15 is 0 Å². The molecule has 0 bridgehead atoms. The van der Waals surface area contributed by atoms with E-state index in [0.717, 1.165) is 6.07 Å². The van der Waals surface area contributed by atoms with E-state index in [0.29, 0.717) is 27.6 Å². The van der Waals surface area contributed by atoms with E-state index < -0.39 is 17.9 Å². The lowest BCUT2D eigenvalue weighted by atomic mass is 10.0. The van der Waals surface area contributed by atoms with E-state index in [9.17, 15) is 24.6 Å². The van der Waals surface area contributed by atoms with Gasteiger partial charge in [-0.25, -0.2) is 4.79 Å². The molecule has 1 atom stereocenters. The Hall–Kier alpha value is -3.61. The number of H-pyrrole nitrogens is 1. The number of rotatable bonds is 5. The summed E-state index contributed by atoms with van der Waals surface area (Å²) < 4.78 is 5.24. The topological polar surface area (TPSA) is 117 Å². The Labute approximate surface area is 166 Å². The number of carbonyl (C=O) groups is 3. The van der Waals surface area contributed by atoms with Crippen LogP contribution in [0.4, 0.5) is 0 Å². The fourth-order valence-electron chi connectivity index (χ4n) is 3.50. The number of ether oxygens (including phenoxy) is 1. The molecule has 7 heteroatoms. The van der Waals surface area contributed by atoms with E-state index in [1.807, 2.05) is 0 Å². The van der Waals surface area contributed by atoms with Crippen molar-refractivity contribution in [2.24, 2.45) is 0 Å². The summed E-state index contributed by atoms with van der Waals surface area (Å²) in [5, 5.41) is 21.2. The van der Waals surface area contributed by atoms with Crippen LogP contribution >= 0.6 is 0 Å². The van der Waals surface area contributed by atoms with Crippen molar-refractivity contribution in [3.05, 3.63) is 58.4 Å². The van der Waals surface area contributed by atoms with Crippen LogP contribution in [0.3, 0.4) is 0 Å². The molecular formula is C22H21NO6. The van der Waals surface area contributed by atoms with Crippen LogP contribution in [0, 0.1) is 13.8 Å². The molecule has 3 aromatic rings. The number of nitrogens with one attached hydrogen (secondary N) is 1. The number of benzene rings is 2. The lowest BCUT2D eigenvalue weighted by molar-refractivity contribution is 0.0314. The van der Waals surface area contributed by atoms with Crippen LogP contribution in [0.1, 0.15) is 56.3 Å². The minimum Gasteiger partial charge on any atom is -0.507 e. The Balaban J connectivity index is 1.89. The average Bonchev–Trinajstić information content (AvgIpc) is 2.98. The van der Waals surface area contributed by atoms with Gasteiger partial charge in [0.2, 0.25) is 5.78 Å². The predicted molar refractivity (Wildman–Crippen MR) is 107 cm³/mol. The molecule has 0 spiro atoms. The van der Waals surface area contributed by atoms with Crippen molar-refractivity contribution in [2.45, 2.75) is 33.8 Å². The molecule has 0 aliphatic heterocycles. The number of Topliss-reactive ketones (excluding diaryl/α,β-unsaturated/α-hetero) is 2. The molecule has 3 N–H and O–H groups in total. The number of fused-ring (bicyclic) bond motifs is 1. The van der Waals surface area contributed by atoms with Crippen molar-refractivity contribution in [3.63, 3.8) is 0 Å². The number of aromatic hydroxyl groups is 2. The van der Waals surface area contributed by atoms with Gasteiger partial charge in [-0.15, -0.1) is 0 Å². The fraction of sp³-hybridized carbons (Fsp3) is 0.227. The van der Waals surface area contributed by atoms with Crippen molar-refractivity contribution in [3.8, 4) is 11.5 Å². The number of phenolic OH excluding ortho intramolecular Hbond substituents is 2. The normalized spacial score (nSPS) is 12.0. The van der Waals surface area contributed by atoms with Gasteiger partial charge in [-0.2, -0.15) is 0 Å². The SMILES string of the molecule is CC(=O)c1c(C)[nH]c(C(=O)[C@@H](C)OC(=O)c2cc(O)c3ccccc3c2O)c1C. The van der Waals surface area contributed by atoms with Crippen molar-refractivity contribution in [1.29, 1.82) is 0 Å². The van der Waals surface area contributed by atoms with Crippen LogP contribution in [0.2, 0.25) is 0 Å². The van der Waals surface area contributed by atoms with Gasteiger partial charge in [0.05, 0.1) is 5.69 Å². The molecule has 1 heterocycles. The molecule has 0 saturated heterocycles. The third-order valence-corrected chi connectivity index (χ3v) is 4.90. The second-order valence-electron chi connectivity index (χ2n) is 6.93. The summed E-state index contributed by atoms with van der Waals surface area (Å²) in [7, 11) is 0. The summed E-state index contributed by atoms with van der Waals surface area (Å²) in [6.07, 6.45) is -1.17. The summed E-state index contributed by atoms with van der Waals surface area (Å²) in [4.78, 5) is 40.0. The number of hydrogen-bond acceptors (Lipinski definition) is 6. The first-order valence-electron chi connectivity index (χ1n) is 9.02. The zero-order chi connectivity index (χ0) is 21.5. The highest BCUT2D eigenvalue weighted by atomic mass is 16.5. The first-order chi connectivity index (χ1) is 13.6. The van der Waals surface area contributed by atoms with Crippen LogP contribution in [0.25, 0.3) is 10.8 Å². The van der Waals surface area contributed by atoms with E-state index in [-0.39, 0.29) is 28.5 Å². The van der Waals surface area contributed by atoms with Gasteiger partial charge in [0.1, 0.15) is 17.1 Å². The van der Waals surface area contributed by atoms with E-state index in [4.69, 9.17) is 4.74 Å². The van der Waals surface area contributed by atoms with Gasteiger partial charge >= 0.3 is 5.97 Å². The third kappa shape index (κ3) is 3.47. The Morgan fingerprint density at radius 1 is 1.07 bits per heavy atom. The molecule has 0 amide bonds. The van der Waals surface area contributed by atoms with Crippen LogP contribution in [-0.2, 0) is 4.74 Å². The molecule has 0 fully saturated rings. The predicted octanol–water partition coefficient (Wildman–Crippen LogP) is 3.83. The largest absolute Gasteiger partial charge is 0.507 e. The number of aromatic nitrogens is 1. The number of phenols is 2. The maximum Gasteiger partial charge on any atom is 0.342 e. The molecule has 0 aliphatic carbocycles. The summed E-state index contributed by atoms with van der Waals surface area (Å²) in [5.74, 6) is -2.15. The summed E-state index contributed by atoms with van der Waals surface area (Å²) in [6, 6.07) is 7.62. The Morgan fingerprint density at radius 2 is 1.69 bits per heavy atom. The molecule has 0 saturated carbocycles. The van der Waals surface area contributed by atoms with Gasteiger partial charge in [0, 0.05) is 22.0 Å². The highest BCUT2D eigenvalue weighted by Gasteiger charge is 2.27. The Morgan fingerprint density at radius 3 is 2.28 bits per heavy atom. The molecule has 29 heavy (non-hydrogen) atoms. The van der Waals surface area contributed by atoms with Crippen LogP contribution in [-0.4, -0.2) is 38.8 Å². The lowest BCUT2D eigenvalue weighted by Gasteiger charge is -2.14. The minimum atomic E-state index is -1.17. The van der Waals surface area contributed by atoms with E-state index in [1.54, 1.807) is 38.1 Å². The standard InChI is InChI=1S/C22H21NO6/c1-10-18(12(3)24)11(2)23-19(10)20(26)13(4)29-22(28)16-9-17(25)14-7-5-6-8-15(14)21(16)27/h5-9,13,23,25,27H,1-4H3/t13-/m1/s1. The number of ketones is 2. The first kappa shape index (κ1) is 20.1. The molecule has 150 valence electrons. The lowest BCUT2D eigenvalue weighted by Crippen LogP contribution is -2.25. The molecule has 3 rings (SSSR count). The van der Waals surface area contributed by atoms with Gasteiger partial charge in [0.25, 0.3) is 0 Å². The van der Waals surface area contributed by atoms with Crippen LogP contribution < -0.4 is 0 Å². The first-order valence-corrected chi connectivity index (χ1v) is 9.02. The molecule has 1 aromatic heterocycles. The minimum absolute atomic E-state index is 0.170. The number of aryl methyl sites for hydroxylation is 1. The highest BCUT2D eigenvalue weighted by molar-refractivity contribution is 6.07. The average molecular weight is 395 g/mol. The smallest absolute Gasteiger partial charge is 0.342 e. The third-order valence-electron chi connectivity index (χ3n) is 4.90. The highest BCUT2D eigenvalue weighted by Crippen LogP contribution is 2.35. The molecule has 0 radical (unpaired) electrons. The molecule has 0 unspecified atom stereocenters. The van der Waals surface area contributed by atoms with Crippen molar-refractivity contribution >= 4 is 28.3 Å². The van der Waals surface area contributed by atoms with Gasteiger partial charge in [-0.05, 0) is 39.3 Å².